The maximum atomic E-state index is 13.5. The minimum atomic E-state index is -0.144. The van der Waals surface area contributed by atoms with Gasteiger partial charge < -0.3 is 19.4 Å². The molecule has 2 saturated heterocycles. The number of anilines is 1. The summed E-state index contributed by atoms with van der Waals surface area (Å²) in [5, 5.41) is 0. The van der Waals surface area contributed by atoms with Gasteiger partial charge in [0.05, 0.1) is 18.7 Å². The fourth-order valence-corrected chi connectivity index (χ4v) is 6.52. The van der Waals surface area contributed by atoms with Crippen LogP contribution in [0.4, 0.5) is 10.1 Å². The van der Waals surface area contributed by atoms with E-state index < -0.39 is 0 Å². The molecule has 2 aromatic rings. The number of ether oxygens (including phenoxy) is 1. The number of amides is 1. The summed E-state index contributed by atoms with van der Waals surface area (Å²) in [4.78, 5) is 21.0. The number of benzene rings is 2. The number of fused-ring (bicyclic) bond motifs is 1. The van der Waals surface area contributed by atoms with Crippen LogP contribution in [-0.2, 0) is 0 Å². The molecule has 3 aliphatic heterocycles. The van der Waals surface area contributed by atoms with Crippen LogP contribution in [0.1, 0.15) is 36.0 Å². The molecule has 5 nitrogen and oxygen atoms in total. The van der Waals surface area contributed by atoms with E-state index in [1.165, 1.54) is 5.69 Å². The molecule has 0 saturated carbocycles. The van der Waals surface area contributed by atoms with Crippen LogP contribution in [0.5, 0.6) is 5.75 Å². The Labute approximate surface area is 199 Å². The van der Waals surface area contributed by atoms with Crippen molar-refractivity contribution in [3.05, 3.63) is 53.8 Å². The highest BCUT2D eigenvalue weighted by Gasteiger charge is 2.31. The summed E-state index contributed by atoms with van der Waals surface area (Å²) < 4.78 is 18.7. The summed E-state index contributed by atoms with van der Waals surface area (Å²) >= 11 is 1.75. The average Bonchev–Trinajstić information content (AvgIpc) is 3.27. The Kier molecular flexibility index (Phi) is 6.79. The molecule has 3 aliphatic rings. The van der Waals surface area contributed by atoms with Gasteiger partial charge in [-0.25, -0.2) is 4.39 Å². The highest BCUT2D eigenvalue weighted by molar-refractivity contribution is 7.99. The fraction of sp³-hybridized carbons (Fsp3) is 0.500. The summed E-state index contributed by atoms with van der Waals surface area (Å²) in [6.07, 6.45) is 4.46. The van der Waals surface area contributed by atoms with Gasteiger partial charge in [0.25, 0.3) is 5.91 Å². The smallest absolute Gasteiger partial charge is 0.253 e. The molecule has 0 N–H and O–H groups in total. The quantitative estimate of drug-likeness (QED) is 0.633. The number of halogens is 1. The Hall–Kier alpha value is -2.25. The van der Waals surface area contributed by atoms with E-state index in [0.29, 0.717) is 12.0 Å². The summed E-state index contributed by atoms with van der Waals surface area (Å²) in [6, 6.07) is 13.1. The first kappa shape index (κ1) is 22.5. The van der Waals surface area contributed by atoms with Crippen molar-refractivity contribution in [3.8, 4) is 5.75 Å². The van der Waals surface area contributed by atoms with Crippen molar-refractivity contribution in [1.82, 2.24) is 9.80 Å². The number of methoxy groups -OCH3 is 1. The molecule has 2 aromatic carbocycles. The van der Waals surface area contributed by atoms with E-state index in [2.05, 4.69) is 9.80 Å². The predicted octanol–water partition coefficient (Wildman–Crippen LogP) is 4.72. The van der Waals surface area contributed by atoms with Gasteiger partial charge in [-0.05, 0) is 74.1 Å². The minimum absolute atomic E-state index is 0.126. The maximum absolute atomic E-state index is 13.5. The van der Waals surface area contributed by atoms with Gasteiger partial charge in [-0.2, -0.15) is 0 Å². The van der Waals surface area contributed by atoms with Crippen LogP contribution in [0.3, 0.4) is 0 Å². The van der Waals surface area contributed by atoms with Gasteiger partial charge in [-0.1, -0.05) is 0 Å². The lowest BCUT2D eigenvalue weighted by Crippen LogP contribution is -2.47. The molecule has 0 radical (unpaired) electrons. The van der Waals surface area contributed by atoms with E-state index in [1.54, 1.807) is 31.0 Å². The Bertz CT molecular complexity index is 970. The zero-order valence-corrected chi connectivity index (χ0v) is 20.0. The van der Waals surface area contributed by atoms with E-state index in [9.17, 15) is 9.18 Å². The van der Waals surface area contributed by atoms with Crippen molar-refractivity contribution in [3.63, 3.8) is 0 Å². The Morgan fingerprint density at radius 1 is 1.03 bits per heavy atom. The van der Waals surface area contributed by atoms with Crippen LogP contribution in [0.2, 0.25) is 0 Å². The molecule has 7 heteroatoms. The molecule has 2 fully saturated rings. The molecule has 0 aromatic heterocycles. The average molecular weight is 470 g/mol. The number of carbonyl (C=O) groups excluding carboxylic acids is 1. The predicted molar refractivity (Wildman–Crippen MR) is 131 cm³/mol. The van der Waals surface area contributed by atoms with E-state index >= 15 is 0 Å². The zero-order valence-electron chi connectivity index (χ0n) is 19.2. The Morgan fingerprint density at radius 3 is 2.45 bits per heavy atom. The number of likely N-dealkylation sites (tertiary alicyclic amines) is 2. The molecule has 0 unspecified atom stereocenters. The van der Waals surface area contributed by atoms with Crippen LogP contribution < -0.4 is 9.64 Å². The normalized spacial score (nSPS) is 20.2. The second-order valence-corrected chi connectivity index (χ2v) is 10.3. The second-order valence-electron chi connectivity index (χ2n) is 9.35. The Balaban J connectivity index is 1.07. The van der Waals surface area contributed by atoms with Gasteiger partial charge in [0, 0.05) is 49.2 Å². The van der Waals surface area contributed by atoms with E-state index in [4.69, 9.17) is 4.74 Å². The van der Waals surface area contributed by atoms with Crippen LogP contribution in [0.25, 0.3) is 0 Å². The molecule has 176 valence electrons. The number of hydrogen-bond donors (Lipinski definition) is 0. The lowest BCUT2D eigenvalue weighted by Gasteiger charge is -2.40. The van der Waals surface area contributed by atoms with Crippen LogP contribution in [0, 0.1) is 11.7 Å². The maximum Gasteiger partial charge on any atom is 0.253 e. The van der Waals surface area contributed by atoms with Gasteiger partial charge in [-0.15, -0.1) is 11.8 Å². The zero-order chi connectivity index (χ0) is 22.8. The van der Waals surface area contributed by atoms with Crippen molar-refractivity contribution in [1.29, 1.82) is 0 Å². The standard InChI is InChI=1S/C26H32FN3O2S/c1-32-23-5-2-20(3-6-23)26(31)29-14-8-19(9-15-29)17-28-12-10-22(11-13-28)30-18-33-25-16-21(27)4-7-24(25)30/h2-7,16,19,22H,8-15,17-18H2,1H3. The molecule has 33 heavy (non-hydrogen) atoms. The third-order valence-corrected chi connectivity index (χ3v) is 8.39. The third kappa shape index (κ3) is 4.99. The van der Waals surface area contributed by atoms with Gasteiger partial charge in [0.1, 0.15) is 11.6 Å². The van der Waals surface area contributed by atoms with Crippen LogP contribution >= 0.6 is 11.8 Å². The topological polar surface area (TPSA) is 36.0 Å². The largest absolute Gasteiger partial charge is 0.497 e. The van der Waals surface area contributed by atoms with Crippen molar-refractivity contribution >= 4 is 23.4 Å². The number of carbonyl (C=O) groups is 1. The van der Waals surface area contributed by atoms with Gasteiger partial charge >= 0.3 is 0 Å². The van der Waals surface area contributed by atoms with Crippen LogP contribution in [-0.4, -0.2) is 67.5 Å². The van der Waals surface area contributed by atoms with Gasteiger partial charge in [-0.3, -0.25) is 4.79 Å². The summed E-state index contributed by atoms with van der Waals surface area (Å²) in [6.45, 7) is 5.04. The second kappa shape index (κ2) is 9.94. The van der Waals surface area contributed by atoms with E-state index in [1.807, 2.05) is 35.2 Å². The Morgan fingerprint density at radius 2 is 1.76 bits per heavy atom. The molecule has 0 atom stereocenters. The summed E-state index contributed by atoms with van der Waals surface area (Å²) in [5.41, 5.74) is 1.94. The molecule has 1 amide bonds. The van der Waals surface area contributed by atoms with Crippen molar-refractivity contribution in [2.45, 2.75) is 36.6 Å². The van der Waals surface area contributed by atoms with E-state index in [0.717, 1.165) is 80.5 Å². The van der Waals surface area contributed by atoms with Crippen molar-refractivity contribution in [2.75, 3.05) is 50.6 Å². The SMILES string of the molecule is COc1ccc(C(=O)N2CCC(CN3CCC(N4CSc5cc(F)ccc54)CC3)CC2)cc1. The number of nitrogens with zero attached hydrogens (tertiary/aromatic N) is 3. The summed E-state index contributed by atoms with van der Waals surface area (Å²) in [5.74, 6) is 2.35. The van der Waals surface area contributed by atoms with Gasteiger partial charge in [0.2, 0.25) is 0 Å². The molecule has 3 heterocycles. The lowest BCUT2D eigenvalue weighted by atomic mass is 9.94. The van der Waals surface area contributed by atoms with Crippen LogP contribution in [0.15, 0.2) is 47.4 Å². The highest BCUT2D eigenvalue weighted by atomic mass is 32.2. The number of hydrogen-bond acceptors (Lipinski definition) is 5. The summed E-state index contributed by atoms with van der Waals surface area (Å²) in [7, 11) is 1.64. The first-order valence-corrected chi connectivity index (χ1v) is 12.9. The molecular formula is C26H32FN3O2S. The molecule has 5 rings (SSSR count). The van der Waals surface area contributed by atoms with E-state index in [-0.39, 0.29) is 11.7 Å². The molecule has 0 spiro atoms. The first-order chi connectivity index (χ1) is 16.1. The fourth-order valence-electron chi connectivity index (χ4n) is 5.37. The van der Waals surface area contributed by atoms with Gasteiger partial charge in [0.15, 0.2) is 0 Å². The molecule has 0 bridgehead atoms. The number of piperidine rings is 2. The minimum Gasteiger partial charge on any atom is -0.497 e. The number of rotatable bonds is 5. The van der Waals surface area contributed by atoms with Crippen molar-refractivity contribution < 1.29 is 13.9 Å². The molecular weight excluding hydrogens is 437 g/mol. The third-order valence-electron chi connectivity index (χ3n) is 7.34. The monoisotopic (exact) mass is 469 g/mol. The molecule has 0 aliphatic carbocycles. The lowest BCUT2D eigenvalue weighted by molar-refractivity contribution is 0.0658. The first-order valence-electron chi connectivity index (χ1n) is 12.0. The van der Waals surface area contributed by atoms with Crippen molar-refractivity contribution in [2.24, 2.45) is 5.92 Å². The highest BCUT2D eigenvalue weighted by Crippen LogP contribution is 2.41. The number of thioether (sulfide) groups is 1.